The van der Waals surface area contributed by atoms with Gasteiger partial charge in [-0.15, -0.1) is 0 Å². The first-order chi connectivity index (χ1) is 14.9. The molecule has 2 saturated heterocycles. The first kappa shape index (κ1) is 22.3. The number of nitrogens with zero attached hydrogens (tertiary/aromatic N) is 2. The van der Waals surface area contributed by atoms with Gasteiger partial charge >= 0.3 is 0 Å². The zero-order valence-corrected chi connectivity index (χ0v) is 19.3. The summed E-state index contributed by atoms with van der Waals surface area (Å²) in [6.07, 6.45) is 3.60. The van der Waals surface area contributed by atoms with Gasteiger partial charge in [-0.25, -0.2) is 4.39 Å². The number of ether oxygens (including phenoxy) is 2. The predicted octanol–water partition coefficient (Wildman–Crippen LogP) is 3.17. The Morgan fingerprint density at radius 3 is 2.71 bits per heavy atom. The summed E-state index contributed by atoms with van der Waals surface area (Å²) in [5.74, 6) is 1.52. The van der Waals surface area contributed by atoms with Crippen LogP contribution in [0, 0.1) is 17.2 Å². The molecule has 2 N–H and O–H groups in total. The molecule has 3 unspecified atom stereocenters. The van der Waals surface area contributed by atoms with Crippen LogP contribution < -0.4 is 15.4 Å². The Morgan fingerprint density at radius 2 is 2.03 bits per heavy atom. The second-order valence-corrected chi connectivity index (χ2v) is 9.67. The lowest BCUT2D eigenvalue weighted by molar-refractivity contribution is -0.106. The molecule has 31 heavy (non-hydrogen) atoms. The number of likely N-dealkylation sites (tertiary alicyclic amines) is 1. The third-order valence-electron chi connectivity index (χ3n) is 7.26. The molecule has 3 fully saturated rings. The van der Waals surface area contributed by atoms with Gasteiger partial charge in [-0.3, -0.25) is 9.89 Å². The number of hydrogen-bond donors (Lipinski definition) is 2. The van der Waals surface area contributed by atoms with E-state index in [0.717, 1.165) is 63.6 Å². The van der Waals surface area contributed by atoms with Crippen molar-refractivity contribution >= 4 is 5.96 Å². The van der Waals surface area contributed by atoms with Crippen molar-refractivity contribution in [3.8, 4) is 5.75 Å². The number of aliphatic imine (C=N–C) groups is 1. The highest BCUT2D eigenvalue weighted by Crippen LogP contribution is 2.52. The van der Waals surface area contributed by atoms with Crippen molar-refractivity contribution in [1.29, 1.82) is 0 Å². The number of halogens is 1. The van der Waals surface area contributed by atoms with Crippen molar-refractivity contribution in [2.24, 2.45) is 16.3 Å². The summed E-state index contributed by atoms with van der Waals surface area (Å²) < 4.78 is 24.9. The van der Waals surface area contributed by atoms with Crippen molar-refractivity contribution in [2.75, 3.05) is 33.4 Å². The molecule has 0 bridgehead atoms. The summed E-state index contributed by atoms with van der Waals surface area (Å²) in [4.78, 5) is 7.11. The molecule has 1 aromatic carbocycles. The number of nitrogens with one attached hydrogen (secondary N) is 2. The Labute approximate surface area is 185 Å². The number of benzene rings is 1. The van der Waals surface area contributed by atoms with Gasteiger partial charge in [0, 0.05) is 56.2 Å². The van der Waals surface area contributed by atoms with Gasteiger partial charge in [-0.05, 0) is 43.9 Å². The van der Waals surface area contributed by atoms with E-state index in [2.05, 4.69) is 36.3 Å². The highest BCUT2D eigenvalue weighted by molar-refractivity contribution is 5.80. The van der Waals surface area contributed by atoms with E-state index >= 15 is 0 Å². The number of piperidine rings is 1. The summed E-state index contributed by atoms with van der Waals surface area (Å²) >= 11 is 0. The second kappa shape index (κ2) is 9.33. The van der Waals surface area contributed by atoms with Gasteiger partial charge in [0.1, 0.15) is 0 Å². The van der Waals surface area contributed by atoms with Crippen LogP contribution in [0.4, 0.5) is 4.39 Å². The standard InChI is InChI=1S/C24H37FN4O2/c1-5-26-23(28-21-18-10-13-31-22(18)24(21,2)3)27-17-8-11-29(12-9-17)15-16-6-7-20(30-4)19(25)14-16/h6-7,14,17-18,21-22H,5,8-13,15H2,1-4H3,(H2,26,27,28). The summed E-state index contributed by atoms with van der Waals surface area (Å²) in [6, 6.07) is 6.05. The third kappa shape index (κ3) is 4.67. The number of methoxy groups -OCH3 is 1. The number of guanidine groups is 1. The van der Waals surface area contributed by atoms with E-state index in [1.165, 1.54) is 7.11 Å². The SMILES string of the molecule is CCN=C(NC1CCN(Cc2ccc(OC)c(F)c2)CC1)NC1C2CCOC2C1(C)C. The maximum atomic E-state index is 14.0. The van der Waals surface area contributed by atoms with Crippen molar-refractivity contribution in [3.63, 3.8) is 0 Å². The van der Waals surface area contributed by atoms with Crippen LogP contribution in [-0.4, -0.2) is 62.4 Å². The van der Waals surface area contributed by atoms with Crippen molar-refractivity contribution < 1.29 is 13.9 Å². The Balaban J connectivity index is 1.28. The van der Waals surface area contributed by atoms with Crippen LogP contribution in [0.1, 0.15) is 45.6 Å². The van der Waals surface area contributed by atoms with Gasteiger partial charge in [0.05, 0.1) is 13.2 Å². The van der Waals surface area contributed by atoms with Crippen molar-refractivity contribution in [2.45, 2.75) is 64.8 Å². The van der Waals surface area contributed by atoms with Gasteiger partial charge in [-0.2, -0.15) is 0 Å². The average molecular weight is 433 g/mol. The Hall–Kier alpha value is -1.86. The van der Waals surface area contributed by atoms with E-state index < -0.39 is 0 Å². The number of fused-ring (bicyclic) bond motifs is 1. The molecule has 172 valence electrons. The molecular formula is C24H37FN4O2. The van der Waals surface area contributed by atoms with Gasteiger partial charge in [0.2, 0.25) is 0 Å². The molecule has 3 aliphatic rings. The topological polar surface area (TPSA) is 58.1 Å². The molecule has 6 nitrogen and oxygen atoms in total. The molecule has 7 heteroatoms. The zero-order chi connectivity index (χ0) is 22.0. The molecule has 1 aliphatic carbocycles. The van der Waals surface area contributed by atoms with Gasteiger partial charge in [-0.1, -0.05) is 19.9 Å². The second-order valence-electron chi connectivity index (χ2n) is 9.67. The highest BCUT2D eigenvalue weighted by atomic mass is 19.1. The van der Waals surface area contributed by atoms with Crippen LogP contribution in [-0.2, 0) is 11.3 Å². The molecule has 0 amide bonds. The molecule has 1 saturated carbocycles. The predicted molar refractivity (Wildman–Crippen MR) is 121 cm³/mol. The lowest BCUT2D eigenvalue weighted by atomic mass is 9.57. The molecular weight excluding hydrogens is 395 g/mol. The Bertz CT molecular complexity index is 792. The van der Waals surface area contributed by atoms with Gasteiger partial charge in [0.25, 0.3) is 0 Å². The summed E-state index contributed by atoms with van der Waals surface area (Å²) in [5, 5.41) is 7.40. The van der Waals surface area contributed by atoms with Gasteiger partial charge < -0.3 is 20.1 Å². The van der Waals surface area contributed by atoms with E-state index in [0.29, 0.717) is 29.9 Å². The van der Waals surface area contributed by atoms with Crippen molar-refractivity contribution in [3.05, 3.63) is 29.6 Å². The average Bonchev–Trinajstić information content (AvgIpc) is 3.21. The van der Waals surface area contributed by atoms with Crippen LogP contribution in [0.3, 0.4) is 0 Å². The minimum absolute atomic E-state index is 0.133. The van der Waals surface area contributed by atoms with Crippen LogP contribution in [0.25, 0.3) is 0 Å². The summed E-state index contributed by atoms with van der Waals surface area (Å²) in [7, 11) is 1.49. The Morgan fingerprint density at radius 1 is 1.26 bits per heavy atom. The highest BCUT2D eigenvalue weighted by Gasteiger charge is 2.59. The number of rotatable bonds is 6. The van der Waals surface area contributed by atoms with Crippen LogP contribution in [0.5, 0.6) is 5.75 Å². The molecule has 0 radical (unpaired) electrons. The maximum absolute atomic E-state index is 14.0. The minimum atomic E-state index is -0.295. The zero-order valence-electron chi connectivity index (χ0n) is 19.3. The van der Waals surface area contributed by atoms with Crippen molar-refractivity contribution in [1.82, 2.24) is 15.5 Å². The first-order valence-corrected chi connectivity index (χ1v) is 11.7. The van der Waals surface area contributed by atoms with E-state index in [9.17, 15) is 4.39 Å². The molecule has 0 spiro atoms. The third-order valence-corrected chi connectivity index (χ3v) is 7.26. The molecule has 2 heterocycles. The first-order valence-electron chi connectivity index (χ1n) is 11.7. The van der Waals surface area contributed by atoms with Crippen LogP contribution >= 0.6 is 0 Å². The van der Waals surface area contributed by atoms with E-state index in [1.807, 2.05) is 6.07 Å². The summed E-state index contributed by atoms with van der Waals surface area (Å²) in [6.45, 7) is 11.0. The fourth-order valence-electron chi connectivity index (χ4n) is 5.55. The van der Waals surface area contributed by atoms with E-state index in [-0.39, 0.29) is 11.2 Å². The van der Waals surface area contributed by atoms with E-state index in [4.69, 9.17) is 14.5 Å². The fraction of sp³-hybridized carbons (Fsp3) is 0.708. The van der Waals surface area contributed by atoms with E-state index in [1.54, 1.807) is 12.1 Å². The maximum Gasteiger partial charge on any atom is 0.191 e. The lowest BCUT2D eigenvalue weighted by Crippen LogP contribution is -2.68. The Kier molecular flexibility index (Phi) is 6.72. The normalized spacial score (nSPS) is 28.7. The van der Waals surface area contributed by atoms with Gasteiger partial charge in [0.15, 0.2) is 17.5 Å². The smallest absolute Gasteiger partial charge is 0.191 e. The largest absolute Gasteiger partial charge is 0.494 e. The quantitative estimate of drug-likeness (QED) is 0.534. The molecule has 4 rings (SSSR count). The van der Waals surface area contributed by atoms with Crippen LogP contribution in [0.15, 0.2) is 23.2 Å². The van der Waals surface area contributed by atoms with Crippen LogP contribution in [0.2, 0.25) is 0 Å². The molecule has 3 atom stereocenters. The lowest BCUT2D eigenvalue weighted by Gasteiger charge is -2.55. The summed E-state index contributed by atoms with van der Waals surface area (Å²) in [5.41, 5.74) is 1.12. The molecule has 2 aliphatic heterocycles. The monoisotopic (exact) mass is 432 g/mol. The number of hydrogen-bond acceptors (Lipinski definition) is 4. The fourth-order valence-corrected chi connectivity index (χ4v) is 5.55. The molecule has 0 aromatic heterocycles. The molecule has 1 aromatic rings. The minimum Gasteiger partial charge on any atom is -0.494 e.